The second kappa shape index (κ2) is 11.8. The number of ether oxygens (including phenoxy) is 1. The SMILES string of the molecule is O=C(c1ccccc1O)N(C1=C(Cc2ccccc2)/C(=C/c2ccccc2)OC1=NC12CC3CC(CC(C3)C1)C2)c1ccccc1. The Morgan fingerprint density at radius 1 is 0.783 bits per heavy atom. The fourth-order valence-electron chi connectivity index (χ4n) is 8.67. The highest BCUT2D eigenvalue weighted by atomic mass is 16.5. The van der Waals surface area contributed by atoms with Crippen LogP contribution in [-0.4, -0.2) is 22.5 Å². The molecule has 1 aliphatic heterocycles. The first kappa shape index (κ1) is 28.6. The number of hydrogen-bond acceptors (Lipinski definition) is 4. The van der Waals surface area contributed by atoms with E-state index in [1.807, 2.05) is 66.7 Å². The van der Waals surface area contributed by atoms with E-state index in [0.29, 0.717) is 47.2 Å². The normalized spacial score (nSPS) is 26.5. The summed E-state index contributed by atoms with van der Waals surface area (Å²) in [6, 6.07) is 36.9. The molecule has 0 aromatic heterocycles. The van der Waals surface area contributed by atoms with Crippen molar-refractivity contribution >= 4 is 23.6 Å². The molecule has 0 radical (unpaired) electrons. The molecule has 0 atom stereocenters. The highest BCUT2D eigenvalue weighted by molar-refractivity contribution is 6.17. The van der Waals surface area contributed by atoms with Gasteiger partial charge in [0, 0.05) is 17.7 Å². The van der Waals surface area contributed by atoms with E-state index >= 15 is 0 Å². The Hall–Kier alpha value is -4.90. The lowest BCUT2D eigenvalue weighted by Crippen LogP contribution is -2.50. The largest absolute Gasteiger partial charge is 0.507 e. The summed E-state index contributed by atoms with van der Waals surface area (Å²) in [5, 5.41) is 10.9. The monoisotopic (exact) mass is 606 g/mol. The fraction of sp³-hybridized carbons (Fsp3) is 0.268. The van der Waals surface area contributed by atoms with E-state index in [1.54, 1.807) is 29.2 Å². The Morgan fingerprint density at radius 2 is 1.35 bits per heavy atom. The van der Waals surface area contributed by atoms with Gasteiger partial charge in [-0.1, -0.05) is 91.0 Å². The predicted octanol–water partition coefficient (Wildman–Crippen LogP) is 8.97. The molecule has 4 fully saturated rings. The lowest BCUT2D eigenvalue weighted by atomic mass is 9.53. The van der Waals surface area contributed by atoms with E-state index in [9.17, 15) is 9.90 Å². The van der Waals surface area contributed by atoms with Crippen molar-refractivity contribution in [3.8, 4) is 5.75 Å². The smallest absolute Gasteiger partial charge is 0.266 e. The molecule has 5 aliphatic rings. The number of phenolic OH excluding ortho intramolecular Hbond substituents is 1. The molecule has 5 nitrogen and oxygen atoms in total. The molecule has 0 saturated heterocycles. The number of phenols is 1. The topological polar surface area (TPSA) is 62.1 Å². The zero-order chi connectivity index (χ0) is 31.1. The second-order valence-electron chi connectivity index (χ2n) is 13.6. The Labute approximate surface area is 270 Å². The van der Waals surface area contributed by atoms with Gasteiger partial charge in [-0.25, -0.2) is 4.99 Å². The number of carbonyl (C=O) groups excluding carboxylic acids is 1. The molecule has 1 heterocycles. The summed E-state index contributed by atoms with van der Waals surface area (Å²) in [5.74, 6) is 2.94. The molecule has 0 spiro atoms. The maximum Gasteiger partial charge on any atom is 0.266 e. The first-order valence-corrected chi connectivity index (χ1v) is 16.5. The van der Waals surface area contributed by atoms with Gasteiger partial charge in [0.2, 0.25) is 5.90 Å². The van der Waals surface area contributed by atoms with Gasteiger partial charge in [0.1, 0.15) is 17.2 Å². The van der Waals surface area contributed by atoms with Crippen LogP contribution < -0.4 is 4.90 Å². The van der Waals surface area contributed by atoms with Crippen LogP contribution in [0.15, 0.2) is 137 Å². The summed E-state index contributed by atoms with van der Waals surface area (Å²) < 4.78 is 6.90. The molecular weight excluding hydrogens is 568 g/mol. The van der Waals surface area contributed by atoms with E-state index in [-0.39, 0.29) is 22.8 Å². The quantitative estimate of drug-likeness (QED) is 0.228. The van der Waals surface area contributed by atoms with Crippen LogP contribution in [0.3, 0.4) is 0 Å². The van der Waals surface area contributed by atoms with Crippen LogP contribution in [0, 0.1) is 17.8 Å². The number of carbonyl (C=O) groups is 1. The third kappa shape index (κ3) is 5.44. The molecule has 5 heteroatoms. The molecular formula is C41H38N2O3. The van der Waals surface area contributed by atoms with E-state index in [2.05, 4.69) is 30.3 Å². The summed E-state index contributed by atoms with van der Waals surface area (Å²) in [4.78, 5) is 22.1. The third-order valence-corrected chi connectivity index (χ3v) is 10.2. The Kier molecular flexibility index (Phi) is 7.32. The Bertz CT molecular complexity index is 1810. The second-order valence-corrected chi connectivity index (χ2v) is 13.6. The molecule has 4 saturated carbocycles. The highest BCUT2D eigenvalue weighted by Gasteiger charge is 2.52. The summed E-state index contributed by atoms with van der Waals surface area (Å²) in [5.41, 5.74) is 4.41. The van der Waals surface area contributed by atoms with Gasteiger partial charge in [-0.3, -0.25) is 9.69 Å². The maximum absolute atomic E-state index is 14.7. The number of allylic oxidation sites excluding steroid dienone is 1. The minimum atomic E-state index is -0.326. The van der Waals surface area contributed by atoms with E-state index < -0.39 is 0 Å². The Balaban J connectivity index is 1.37. The summed E-state index contributed by atoms with van der Waals surface area (Å²) in [6.45, 7) is 0. The number of anilines is 1. The first-order chi connectivity index (χ1) is 22.5. The summed E-state index contributed by atoms with van der Waals surface area (Å²) in [7, 11) is 0. The zero-order valence-corrected chi connectivity index (χ0v) is 25.9. The van der Waals surface area contributed by atoms with Gasteiger partial charge in [0.25, 0.3) is 5.91 Å². The lowest BCUT2D eigenvalue weighted by molar-refractivity contribution is 0.000897. The third-order valence-electron chi connectivity index (χ3n) is 10.2. The molecule has 4 bridgehead atoms. The lowest BCUT2D eigenvalue weighted by Gasteiger charge is -2.54. The van der Waals surface area contributed by atoms with Crippen LogP contribution in [0.5, 0.6) is 5.75 Å². The molecule has 4 aromatic carbocycles. The highest BCUT2D eigenvalue weighted by Crippen LogP contribution is 2.57. The number of aromatic hydroxyl groups is 1. The van der Waals surface area contributed by atoms with Crippen molar-refractivity contribution < 1.29 is 14.6 Å². The van der Waals surface area contributed by atoms with Crippen LogP contribution in [0.25, 0.3) is 6.08 Å². The van der Waals surface area contributed by atoms with Gasteiger partial charge in [-0.05, 0) is 97.7 Å². The standard InChI is InChI=1S/C41H38N2O3/c44-36-19-11-10-18-34(36)40(45)43(33-16-8-3-9-17-33)38-35(23-28-12-4-1-5-13-28)37(24-29-14-6-2-7-15-29)46-39(38)42-41-25-30-20-31(26-41)22-32(21-30)27-41/h1-19,24,30-32,44H,20-23,25-27H2/b37-24-,42-39?. The van der Waals surface area contributed by atoms with Crippen LogP contribution >= 0.6 is 0 Å². The van der Waals surface area contributed by atoms with Crippen LogP contribution in [0.2, 0.25) is 0 Å². The van der Waals surface area contributed by atoms with Crippen molar-refractivity contribution in [2.75, 3.05) is 4.90 Å². The summed E-state index contributed by atoms with van der Waals surface area (Å²) in [6.07, 6.45) is 9.77. The molecule has 46 heavy (non-hydrogen) atoms. The van der Waals surface area contributed by atoms with Crippen molar-refractivity contribution in [2.45, 2.75) is 50.5 Å². The average molecular weight is 607 g/mol. The van der Waals surface area contributed by atoms with Crippen LogP contribution in [-0.2, 0) is 11.2 Å². The zero-order valence-electron chi connectivity index (χ0n) is 25.9. The number of aliphatic imine (C=N–C) groups is 1. The number of rotatable bonds is 7. The van der Waals surface area contributed by atoms with Crippen LogP contribution in [0.1, 0.15) is 60.0 Å². The van der Waals surface area contributed by atoms with Gasteiger partial charge < -0.3 is 9.84 Å². The Morgan fingerprint density at radius 3 is 1.98 bits per heavy atom. The van der Waals surface area contributed by atoms with Gasteiger partial charge >= 0.3 is 0 Å². The molecule has 1 amide bonds. The van der Waals surface area contributed by atoms with Crippen molar-refractivity contribution in [3.63, 3.8) is 0 Å². The van der Waals surface area contributed by atoms with Gasteiger partial charge in [-0.2, -0.15) is 0 Å². The van der Waals surface area contributed by atoms with E-state index in [0.717, 1.165) is 36.0 Å². The number of para-hydroxylation sites is 2. The molecule has 1 N–H and O–H groups in total. The summed E-state index contributed by atoms with van der Waals surface area (Å²) >= 11 is 0. The van der Waals surface area contributed by atoms with Crippen molar-refractivity contribution in [3.05, 3.63) is 149 Å². The molecule has 0 unspecified atom stereocenters. The molecule has 230 valence electrons. The predicted molar refractivity (Wildman–Crippen MR) is 182 cm³/mol. The van der Waals surface area contributed by atoms with Gasteiger partial charge in [0.05, 0.1) is 11.1 Å². The minimum absolute atomic E-state index is 0.0582. The number of benzene rings is 4. The number of nitrogens with zero attached hydrogens (tertiary/aromatic N) is 2. The molecule has 4 aromatic rings. The maximum atomic E-state index is 14.7. The molecule has 9 rings (SSSR count). The van der Waals surface area contributed by atoms with E-state index in [1.165, 1.54) is 19.3 Å². The van der Waals surface area contributed by atoms with Crippen LogP contribution in [0.4, 0.5) is 5.69 Å². The van der Waals surface area contributed by atoms with E-state index in [4.69, 9.17) is 9.73 Å². The fourth-order valence-corrected chi connectivity index (χ4v) is 8.67. The first-order valence-electron chi connectivity index (χ1n) is 16.5. The minimum Gasteiger partial charge on any atom is -0.507 e. The number of hydrogen-bond donors (Lipinski definition) is 1. The van der Waals surface area contributed by atoms with Gasteiger partial charge in [-0.15, -0.1) is 0 Å². The molecule has 4 aliphatic carbocycles. The van der Waals surface area contributed by atoms with Crippen molar-refractivity contribution in [1.29, 1.82) is 0 Å². The van der Waals surface area contributed by atoms with Gasteiger partial charge in [0.15, 0.2) is 0 Å². The van der Waals surface area contributed by atoms with Crippen molar-refractivity contribution in [1.82, 2.24) is 0 Å². The average Bonchev–Trinajstić information content (AvgIpc) is 3.36. The van der Waals surface area contributed by atoms with Crippen molar-refractivity contribution in [2.24, 2.45) is 22.7 Å². The number of amides is 1.